The smallest absolute Gasteiger partial charge is 0.165 e. The lowest BCUT2D eigenvalue weighted by Gasteiger charge is -2.14. The van der Waals surface area contributed by atoms with E-state index in [2.05, 4.69) is 275 Å². The highest BCUT2D eigenvalue weighted by Crippen LogP contribution is 2.45. The van der Waals surface area contributed by atoms with E-state index < -0.39 is 0 Å². The highest BCUT2D eigenvalue weighted by atomic mass is 16.3. The Morgan fingerprint density at radius 3 is 1.38 bits per heavy atom. The maximum absolute atomic E-state index is 6.42. The molecule has 22 rings (SSSR count). The molecule has 22 aromatic rings. The van der Waals surface area contributed by atoms with Crippen LogP contribution in [0.15, 0.2) is 368 Å². The van der Waals surface area contributed by atoms with Crippen LogP contribution in [-0.4, -0.2) is 38.6 Å². The molecule has 106 heavy (non-hydrogen) atoms. The van der Waals surface area contributed by atoms with Crippen molar-refractivity contribution in [2.24, 2.45) is 0 Å². The topological polar surface area (TPSA) is 92.4 Å². The van der Waals surface area contributed by atoms with E-state index in [0.29, 0.717) is 17.5 Å². The second kappa shape index (κ2) is 24.7. The molecule has 0 saturated heterocycles. The monoisotopic (exact) mass is 1350 g/mol. The number of aromatic nitrogens is 8. The molecule has 0 aliphatic heterocycles. The molecule has 9 heteroatoms. The highest BCUT2D eigenvalue weighted by molar-refractivity contribution is 6.29. The van der Waals surface area contributed by atoms with Gasteiger partial charge in [0.05, 0.1) is 44.1 Å². The molecular weight excluding hydrogens is 1290 g/mol. The first-order valence-electron chi connectivity index (χ1n) is 35.8. The van der Waals surface area contributed by atoms with Crippen LogP contribution in [0.1, 0.15) is 0 Å². The summed E-state index contributed by atoms with van der Waals surface area (Å²) in [6.45, 7) is 0. The van der Waals surface area contributed by atoms with Crippen molar-refractivity contribution in [1.29, 1.82) is 0 Å². The third-order valence-electron chi connectivity index (χ3n) is 20.9. The Kier molecular flexibility index (Phi) is 14.1. The van der Waals surface area contributed by atoms with E-state index in [1.165, 1.54) is 64.9 Å². The van der Waals surface area contributed by atoms with Gasteiger partial charge in [0.2, 0.25) is 0 Å². The number of benzene rings is 16. The van der Waals surface area contributed by atoms with Gasteiger partial charge >= 0.3 is 0 Å². The van der Waals surface area contributed by atoms with Gasteiger partial charge in [-0.05, 0) is 123 Å². The predicted octanol–water partition coefficient (Wildman–Crippen LogP) is 25.0. The van der Waals surface area contributed by atoms with Gasteiger partial charge in [0.1, 0.15) is 16.9 Å². The van der Waals surface area contributed by atoms with E-state index >= 15 is 0 Å². The molecule has 0 aliphatic rings. The summed E-state index contributed by atoms with van der Waals surface area (Å²) >= 11 is 0. The summed E-state index contributed by atoms with van der Waals surface area (Å²) in [7, 11) is 0. The van der Waals surface area contributed by atoms with Gasteiger partial charge in [0.15, 0.2) is 23.3 Å². The van der Waals surface area contributed by atoms with Crippen LogP contribution < -0.4 is 0 Å². The van der Waals surface area contributed by atoms with Crippen molar-refractivity contribution >= 4 is 120 Å². The summed E-state index contributed by atoms with van der Waals surface area (Å²) in [4.78, 5) is 25.5. The van der Waals surface area contributed by atoms with E-state index in [9.17, 15) is 0 Å². The van der Waals surface area contributed by atoms with Gasteiger partial charge in [-0.15, -0.1) is 0 Å². The maximum Gasteiger partial charge on any atom is 0.165 e. The van der Waals surface area contributed by atoms with Crippen LogP contribution in [0.4, 0.5) is 0 Å². The van der Waals surface area contributed by atoms with Gasteiger partial charge in [-0.1, -0.05) is 279 Å². The van der Waals surface area contributed by atoms with Crippen molar-refractivity contribution in [2.45, 2.75) is 0 Å². The third kappa shape index (κ3) is 9.97. The molecule has 0 spiro atoms. The van der Waals surface area contributed by atoms with E-state index in [0.717, 1.165) is 122 Å². The predicted molar refractivity (Wildman–Crippen MR) is 437 cm³/mol. The number of fused-ring (bicyclic) bond motifs is 17. The van der Waals surface area contributed by atoms with Crippen molar-refractivity contribution < 1.29 is 4.42 Å². The van der Waals surface area contributed by atoms with Crippen molar-refractivity contribution in [1.82, 2.24) is 38.6 Å². The lowest BCUT2D eigenvalue weighted by atomic mass is 9.97. The minimum atomic E-state index is 0.623. The Hall–Kier alpha value is -14.4. The van der Waals surface area contributed by atoms with Crippen LogP contribution in [0.2, 0.25) is 0 Å². The van der Waals surface area contributed by atoms with Gasteiger partial charge in [0, 0.05) is 82.3 Å². The summed E-state index contributed by atoms with van der Waals surface area (Å²) in [6, 6.07) is 128. The van der Waals surface area contributed by atoms with Gasteiger partial charge in [-0.25, -0.2) is 24.9 Å². The molecule has 9 nitrogen and oxygen atoms in total. The first kappa shape index (κ1) is 60.4. The van der Waals surface area contributed by atoms with Crippen LogP contribution in [0.3, 0.4) is 0 Å². The zero-order chi connectivity index (χ0) is 69.8. The molecule has 494 valence electrons. The van der Waals surface area contributed by atoms with Gasteiger partial charge < -0.3 is 13.6 Å². The van der Waals surface area contributed by atoms with Gasteiger partial charge in [0.25, 0.3) is 0 Å². The molecule has 6 heterocycles. The summed E-state index contributed by atoms with van der Waals surface area (Å²) in [5, 5.41) is 14.6. The number of hydrogen-bond acceptors (Lipinski definition) is 6. The Labute approximate surface area is 608 Å². The molecule has 6 aromatic heterocycles. The minimum Gasteiger partial charge on any atom is -0.455 e. The lowest BCUT2D eigenvalue weighted by Crippen LogP contribution is -2.03. The van der Waals surface area contributed by atoms with E-state index in [1.54, 1.807) is 0 Å². The fourth-order valence-corrected chi connectivity index (χ4v) is 16.1. The van der Waals surface area contributed by atoms with E-state index in [4.69, 9.17) is 29.3 Å². The third-order valence-corrected chi connectivity index (χ3v) is 20.9. The van der Waals surface area contributed by atoms with Crippen molar-refractivity contribution in [2.75, 3.05) is 0 Å². The summed E-state index contributed by atoms with van der Waals surface area (Å²) < 4.78 is 13.5. The summed E-state index contributed by atoms with van der Waals surface area (Å²) in [6.07, 6.45) is 0. The molecule has 0 radical (unpaired) electrons. The maximum atomic E-state index is 6.42. The Morgan fingerprint density at radius 2 is 0.689 bits per heavy atom. The second-order valence-electron chi connectivity index (χ2n) is 27.0. The number of rotatable bonds is 9. The molecule has 0 saturated carbocycles. The first-order valence-corrected chi connectivity index (χ1v) is 35.8. The lowest BCUT2D eigenvalue weighted by molar-refractivity contribution is 0.670. The fraction of sp³-hybridized carbons (Fsp3) is 0. The second-order valence-corrected chi connectivity index (χ2v) is 27.0. The molecule has 16 aromatic carbocycles. The van der Waals surface area contributed by atoms with Crippen LogP contribution in [0.5, 0.6) is 0 Å². The van der Waals surface area contributed by atoms with Gasteiger partial charge in [-0.3, -0.25) is 4.57 Å². The standard InChI is InChI=1S/C51H32N4O.C46H28N4/c1-3-14-33(15-4-1)49-52-50(34-16-5-2-6-17-34)54-51(53-49)38-20-12-21-39(31-38)55-45-26-9-7-22-41(45)42-29-28-36(32-46(42)55)35-18-11-19-37(30-35)40-24-13-25-44-43-23-8-10-27-47(43)56-48(40)44;1-2-14-31(15-3-1)45-46(48-38-20-10-9-19-37(38)47-45)50-39-21-11-8-18-35(39)36-28-32(24-27-40(36)50)49-41-25-22-29-12-4-6-16-33(29)43(41)44-34-17-7-5-13-30(34)23-26-42(44)49/h1-32H;1-28H. The van der Waals surface area contributed by atoms with Crippen molar-refractivity contribution in [3.8, 4) is 84.9 Å². The van der Waals surface area contributed by atoms with Crippen molar-refractivity contribution in [3.05, 3.63) is 364 Å². The normalized spacial score (nSPS) is 11.8. The average Bonchev–Trinajstić information content (AvgIpc) is 1.57. The molecule has 0 N–H and O–H groups in total. The fourth-order valence-electron chi connectivity index (χ4n) is 16.1. The van der Waals surface area contributed by atoms with Crippen LogP contribution in [0, 0.1) is 0 Å². The average molecular weight is 1350 g/mol. The van der Waals surface area contributed by atoms with Crippen LogP contribution in [-0.2, 0) is 0 Å². The largest absolute Gasteiger partial charge is 0.455 e. The number of nitrogens with zero attached hydrogens (tertiary/aromatic N) is 8. The SMILES string of the molecule is c1ccc(-c2nc(-c3ccccc3)nc(-c3cccc(-n4c5ccccc5c5ccc(-c6cccc(-c7cccc8c7oc7ccccc78)c6)cc54)c3)n2)cc1.c1ccc(-c2nc3ccccc3nc2-n2c3ccccc3c3cc(-n4c5ccc6ccccc6c5c5c6ccccc6ccc54)ccc32)cc1. The summed E-state index contributed by atoms with van der Waals surface area (Å²) in [5.41, 5.74) is 21.7. The molecule has 0 fully saturated rings. The Bertz CT molecular complexity index is 7120. The van der Waals surface area contributed by atoms with Crippen molar-refractivity contribution in [3.63, 3.8) is 0 Å². The first-order chi connectivity index (χ1) is 52.6. The van der Waals surface area contributed by atoms with E-state index in [1.807, 2.05) is 103 Å². The minimum absolute atomic E-state index is 0.623. The Balaban J connectivity index is 0.000000137. The number of para-hydroxylation sites is 6. The quantitative estimate of drug-likeness (QED) is 0.143. The Morgan fingerprint density at radius 1 is 0.226 bits per heavy atom. The number of furan rings is 1. The summed E-state index contributed by atoms with van der Waals surface area (Å²) in [5.74, 6) is 2.72. The molecule has 0 bridgehead atoms. The van der Waals surface area contributed by atoms with Crippen LogP contribution in [0.25, 0.3) is 205 Å². The molecular formula is C97H60N8O. The van der Waals surface area contributed by atoms with Crippen LogP contribution >= 0.6 is 0 Å². The number of hydrogen-bond donors (Lipinski definition) is 0. The zero-order valence-electron chi connectivity index (χ0n) is 57.1. The zero-order valence-corrected chi connectivity index (χ0v) is 57.1. The molecule has 0 unspecified atom stereocenters. The highest BCUT2D eigenvalue weighted by Gasteiger charge is 2.24. The molecule has 0 aliphatic carbocycles. The molecule has 0 atom stereocenters. The van der Waals surface area contributed by atoms with Gasteiger partial charge in [-0.2, -0.15) is 0 Å². The van der Waals surface area contributed by atoms with E-state index in [-0.39, 0.29) is 0 Å². The molecule has 0 amide bonds.